The van der Waals surface area contributed by atoms with Gasteiger partial charge in [0.05, 0.1) is 6.54 Å². The van der Waals surface area contributed by atoms with Crippen LogP contribution in [-0.4, -0.2) is 34.5 Å². The highest BCUT2D eigenvalue weighted by atomic mass is 35.5. The summed E-state index contributed by atoms with van der Waals surface area (Å²) >= 11 is 1.75. The average Bonchev–Trinajstić information content (AvgIpc) is 2.86. The summed E-state index contributed by atoms with van der Waals surface area (Å²) in [6.45, 7) is 6.06. The number of hydrogen-bond donors (Lipinski definition) is 1. The molecule has 2 aromatic heterocycles. The number of pyridine rings is 1. The molecule has 1 aliphatic heterocycles. The maximum atomic E-state index is 4.57. The molecule has 1 saturated heterocycles. The predicted molar refractivity (Wildman–Crippen MR) is 84.4 cm³/mol. The molecule has 0 aliphatic carbocycles. The molecule has 4 nitrogen and oxygen atoms in total. The summed E-state index contributed by atoms with van der Waals surface area (Å²) in [4.78, 5) is 11.3. The highest BCUT2D eigenvalue weighted by Gasteiger charge is 2.24. The Kier molecular flexibility index (Phi) is 5.48. The number of halogens is 1. The van der Waals surface area contributed by atoms with Crippen LogP contribution in [0.3, 0.4) is 0 Å². The summed E-state index contributed by atoms with van der Waals surface area (Å²) in [5, 5.41) is 6.79. The minimum Gasteiger partial charge on any atom is -0.314 e. The zero-order valence-corrected chi connectivity index (χ0v) is 13.1. The number of aryl methyl sites for hydroxylation is 1. The minimum absolute atomic E-state index is 0. The Labute approximate surface area is 129 Å². The van der Waals surface area contributed by atoms with Gasteiger partial charge in [0.1, 0.15) is 5.01 Å². The second-order valence-corrected chi connectivity index (χ2v) is 5.80. The predicted octanol–water partition coefficient (Wildman–Crippen LogP) is 2.41. The molecule has 0 spiro atoms. The number of hydrogen-bond acceptors (Lipinski definition) is 5. The van der Waals surface area contributed by atoms with Gasteiger partial charge in [-0.25, -0.2) is 4.98 Å². The fourth-order valence-electron chi connectivity index (χ4n) is 2.49. The highest BCUT2D eigenvalue weighted by Crippen LogP contribution is 2.24. The Balaban J connectivity index is 0.00000147. The van der Waals surface area contributed by atoms with Gasteiger partial charge >= 0.3 is 0 Å². The van der Waals surface area contributed by atoms with E-state index in [9.17, 15) is 0 Å². The molecule has 0 aromatic carbocycles. The van der Waals surface area contributed by atoms with Crippen LogP contribution in [0.1, 0.15) is 22.3 Å². The first-order valence-corrected chi connectivity index (χ1v) is 7.46. The average molecular weight is 311 g/mol. The van der Waals surface area contributed by atoms with E-state index in [-0.39, 0.29) is 12.4 Å². The lowest BCUT2D eigenvalue weighted by atomic mass is 10.1. The van der Waals surface area contributed by atoms with Crippen molar-refractivity contribution in [2.45, 2.75) is 19.5 Å². The number of rotatable bonds is 3. The monoisotopic (exact) mass is 310 g/mol. The van der Waals surface area contributed by atoms with Crippen molar-refractivity contribution in [1.82, 2.24) is 20.2 Å². The standard InChI is InChI=1S/C14H18N4S.ClH/c1-11-10-19-14(17-11)9-18-6-5-16-8-13(18)12-3-2-4-15-7-12;/h2-4,7,10,13,16H,5-6,8-9H2,1H3;1H. The van der Waals surface area contributed by atoms with Gasteiger partial charge in [0.2, 0.25) is 0 Å². The molecule has 3 rings (SSSR count). The third kappa shape index (κ3) is 3.55. The molecule has 0 saturated carbocycles. The zero-order valence-electron chi connectivity index (χ0n) is 11.5. The van der Waals surface area contributed by atoms with E-state index >= 15 is 0 Å². The molecular weight excluding hydrogens is 292 g/mol. The number of nitrogens with zero attached hydrogens (tertiary/aromatic N) is 3. The topological polar surface area (TPSA) is 41.0 Å². The first-order valence-electron chi connectivity index (χ1n) is 6.58. The van der Waals surface area contributed by atoms with Crippen LogP contribution in [0.2, 0.25) is 0 Å². The molecule has 1 N–H and O–H groups in total. The molecule has 1 aliphatic rings. The molecule has 1 fully saturated rings. The Bertz CT molecular complexity index is 531. The molecule has 0 radical (unpaired) electrons. The van der Waals surface area contributed by atoms with E-state index in [0.29, 0.717) is 6.04 Å². The number of piperazine rings is 1. The van der Waals surface area contributed by atoms with Crippen molar-refractivity contribution in [3.05, 3.63) is 46.2 Å². The summed E-state index contributed by atoms with van der Waals surface area (Å²) in [7, 11) is 0. The molecule has 20 heavy (non-hydrogen) atoms. The second kappa shape index (κ2) is 7.13. The van der Waals surface area contributed by atoms with Crippen LogP contribution in [0.5, 0.6) is 0 Å². The van der Waals surface area contributed by atoms with Gasteiger partial charge in [0, 0.05) is 49.1 Å². The van der Waals surface area contributed by atoms with Crippen LogP contribution in [0.15, 0.2) is 29.9 Å². The Morgan fingerprint density at radius 1 is 1.50 bits per heavy atom. The van der Waals surface area contributed by atoms with E-state index in [1.54, 1.807) is 11.3 Å². The van der Waals surface area contributed by atoms with Gasteiger partial charge in [0.25, 0.3) is 0 Å². The molecular formula is C14H19ClN4S. The molecule has 3 heterocycles. The third-order valence-corrected chi connectivity index (χ3v) is 4.38. The van der Waals surface area contributed by atoms with Gasteiger partial charge in [-0.05, 0) is 18.6 Å². The van der Waals surface area contributed by atoms with Crippen molar-refractivity contribution in [3.8, 4) is 0 Å². The first kappa shape index (κ1) is 15.4. The van der Waals surface area contributed by atoms with Crippen LogP contribution in [0.4, 0.5) is 0 Å². The smallest absolute Gasteiger partial charge is 0.107 e. The lowest BCUT2D eigenvalue weighted by molar-refractivity contribution is 0.153. The largest absolute Gasteiger partial charge is 0.314 e. The normalized spacial score (nSPS) is 19.6. The van der Waals surface area contributed by atoms with Crippen LogP contribution in [0.25, 0.3) is 0 Å². The summed E-state index contributed by atoms with van der Waals surface area (Å²) in [6, 6.07) is 4.56. The summed E-state index contributed by atoms with van der Waals surface area (Å²) in [5.41, 5.74) is 2.40. The Hall–Kier alpha value is -1.01. The lowest BCUT2D eigenvalue weighted by Crippen LogP contribution is -2.45. The summed E-state index contributed by atoms with van der Waals surface area (Å²) in [5.74, 6) is 0. The van der Waals surface area contributed by atoms with Gasteiger partial charge in [-0.2, -0.15) is 0 Å². The van der Waals surface area contributed by atoms with Crippen molar-refractivity contribution >= 4 is 23.7 Å². The van der Waals surface area contributed by atoms with E-state index in [0.717, 1.165) is 31.9 Å². The SMILES string of the molecule is Cc1csc(CN2CCNCC2c2cccnc2)n1.Cl. The van der Waals surface area contributed by atoms with Gasteiger partial charge < -0.3 is 5.32 Å². The quantitative estimate of drug-likeness (QED) is 0.945. The van der Waals surface area contributed by atoms with E-state index in [2.05, 4.69) is 38.6 Å². The van der Waals surface area contributed by atoms with Gasteiger partial charge in [-0.3, -0.25) is 9.88 Å². The highest BCUT2D eigenvalue weighted by molar-refractivity contribution is 7.09. The van der Waals surface area contributed by atoms with Crippen LogP contribution >= 0.6 is 23.7 Å². The summed E-state index contributed by atoms with van der Waals surface area (Å²) in [6.07, 6.45) is 3.80. The van der Waals surface area contributed by atoms with Gasteiger partial charge in [-0.15, -0.1) is 23.7 Å². The maximum Gasteiger partial charge on any atom is 0.107 e. The van der Waals surface area contributed by atoms with Crippen LogP contribution < -0.4 is 5.32 Å². The number of aromatic nitrogens is 2. The van der Waals surface area contributed by atoms with Crippen molar-refractivity contribution in [2.75, 3.05) is 19.6 Å². The lowest BCUT2D eigenvalue weighted by Gasteiger charge is -2.35. The maximum absolute atomic E-state index is 4.57. The van der Waals surface area contributed by atoms with Crippen molar-refractivity contribution in [2.24, 2.45) is 0 Å². The van der Waals surface area contributed by atoms with Crippen molar-refractivity contribution in [3.63, 3.8) is 0 Å². The van der Waals surface area contributed by atoms with E-state index in [4.69, 9.17) is 0 Å². The molecule has 2 aromatic rings. The fraction of sp³-hybridized carbons (Fsp3) is 0.429. The fourth-order valence-corrected chi connectivity index (χ4v) is 3.28. The number of thiazole rings is 1. The van der Waals surface area contributed by atoms with Crippen molar-refractivity contribution in [1.29, 1.82) is 0 Å². The molecule has 1 unspecified atom stereocenters. The second-order valence-electron chi connectivity index (χ2n) is 4.86. The molecule has 1 atom stereocenters. The number of nitrogens with one attached hydrogen (secondary N) is 1. The Morgan fingerprint density at radius 2 is 2.40 bits per heavy atom. The first-order chi connectivity index (χ1) is 9.33. The Morgan fingerprint density at radius 3 is 3.10 bits per heavy atom. The molecule has 0 amide bonds. The van der Waals surface area contributed by atoms with Gasteiger partial charge in [0.15, 0.2) is 0 Å². The van der Waals surface area contributed by atoms with E-state index in [1.165, 1.54) is 10.6 Å². The van der Waals surface area contributed by atoms with Crippen molar-refractivity contribution < 1.29 is 0 Å². The van der Waals surface area contributed by atoms with Gasteiger partial charge in [-0.1, -0.05) is 6.07 Å². The third-order valence-electron chi connectivity index (χ3n) is 3.43. The zero-order chi connectivity index (χ0) is 13.1. The van der Waals surface area contributed by atoms with Crippen LogP contribution in [0, 0.1) is 6.92 Å². The molecule has 108 valence electrons. The summed E-state index contributed by atoms with van der Waals surface area (Å²) < 4.78 is 0. The van der Waals surface area contributed by atoms with E-state index < -0.39 is 0 Å². The molecule has 6 heteroatoms. The van der Waals surface area contributed by atoms with Crippen LogP contribution in [-0.2, 0) is 6.54 Å². The minimum atomic E-state index is 0. The van der Waals surface area contributed by atoms with E-state index in [1.807, 2.05) is 18.5 Å². The molecule has 0 bridgehead atoms.